The van der Waals surface area contributed by atoms with Crippen molar-refractivity contribution in [2.75, 3.05) is 7.11 Å². The third kappa shape index (κ3) is 2.06. The van der Waals surface area contributed by atoms with E-state index in [1.165, 1.54) is 7.11 Å². The normalized spacial score (nSPS) is 16.2. The van der Waals surface area contributed by atoms with Gasteiger partial charge in [-0.25, -0.2) is 5.48 Å². The molecule has 0 radical (unpaired) electrons. The van der Waals surface area contributed by atoms with E-state index < -0.39 is 5.91 Å². The van der Waals surface area contributed by atoms with Crippen LogP contribution in [0.2, 0.25) is 0 Å². The van der Waals surface area contributed by atoms with Crippen molar-refractivity contribution in [2.24, 2.45) is 0 Å². The Kier molecular flexibility index (Phi) is 2.71. The summed E-state index contributed by atoms with van der Waals surface area (Å²) in [6, 6.07) is 3.35. The van der Waals surface area contributed by atoms with Crippen molar-refractivity contribution >= 4 is 5.91 Å². The molecule has 1 aromatic carbocycles. The van der Waals surface area contributed by atoms with E-state index >= 15 is 0 Å². The standard InChI is InChI=1S/C12H15NO4/c1-12(2)6-7-4-5-8(11(15)13-16-3)9(14)10(7)17-12/h4-5,14H,6H2,1-3H3,(H,13,15). The number of fused-ring (bicyclic) bond motifs is 1. The Morgan fingerprint density at radius 3 is 2.88 bits per heavy atom. The fourth-order valence-electron chi connectivity index (χ4n) is 1.97. The number of nitrogens with one attached hydrogen (secondary N) is 1. The molecule has 0 atom stereocenters. The summed E-state index contributed by atoms with van der Waals surface area (Å²) in [6.07, 6.45) is 0.710. The molecule has 0 aromatic heterocycles. The van der Waals surface area contributed by atoms with Gasteiger partial charge in [-0.15, -0.1) is 0 Å². The third-order valence-corrected chi connectivity index (χ3v) is 2.65. The van der Waals surface area contributed by atoms with E-state index in [4.69, 9.17) is 4.74 Å². The minimum Gasteiger partial charge on any atom is -0.504 e. The highest BCUT2D eigenvalue weighted by Crippen LogP contribution is 2.43. The van der Waals surface area contributed by atoms with Crippen LogP contribution in [0, 0.1) is 0 Å². The first-order chi connectivity index (χ1) is 7.94. The Balaban J connectivity index is 2.39. The molecule has 0 fully saturated rings. The lowest BCUT2D eigenvalue weighted by Crippen LogP contribution is -2.24. The van der Waals surface area contributed by atoms with Crippen molar-refractivity contribution < 1.29 is 19.5 Å². The second-order valence-electron chi connectivity index (χ2n) is 4.62. The molecule has 2 rings (SSSR count). The van der Waals surface area contributed by atoms with Gasteiger partial charge in [-0.3, -0.25) is 9.63 Å². The lowest BCUT2D eigenvalue weighted by molar-refractivity contribution is 0.0533. The Morgan fingerprint density at radius 1 is 1.53 bits per heavy atom. The summed E-state index contributed by atoms with van der Waals surface area (Å²) in [5.74, 6) is -0.248. The second-order valence-corrected chi connectivity index (χ2v) is 4.62. The van der Waals surface area contributed by atoms with Gasteiger partial charge in [-0.1, -0.05) is 6.07 Å². The van der Waals surface area contributed by atoms with Gasteiger partial charge in [0.25, 0.3) is 5.91 Å². The summed E-state index contributed by atoms with van der Waals surface area (Å²) >= 11 is 0. The van der Waals surface area contributed by atoms with Crippen LogP contribution in [0.4, 0.5) is 0 Å². The predicted octanol–water partition coefficient (Wildman–Crippen LogP) is 1.40. The molecule has 0 bridgehead atoms. The van der Waals surface area contributed by atoms with Crippen molar-refractivity contribution in [3.8, 4) is 11.5 Å². The van der Waals surface area contributed by atoms with Crippen LogP contribution in [-0.2, 0) is 11.3 Å². The Bertz CT molecular complexity index is 468. The number of rotatable bonds is 2. The maximum atomic E-state index is 11.6. The molecule has 1 heterocycles. The molecule has 2 N–H and O–H groups in total. The molecule has 1 amide bonds. The minimum absolute atomic E-state index is 0.136. The van der Waals surface area contributed by atoms with Gasteiger partial charge < -0.3 is 9.84 Å². The number of phenols is 1. The third-order valence-electron chi connectivity index (χ3n) is 2.65. The molecular formula is C12H15NO4. The number of phenolic OH excluding ortho intramolecular Hbond substituents is 1. The molecule has 1 aliphatic rings. The lowest BCUT2D eigenvalue weighted by Gasteiger charge is -2.17. The monoisotopic (exact) mass is 237 g/mol. The summed E-state index contributed by atoms with van der Waals surface area (Å²) in [5, 5.41) is 10.00. The van der Waals surface area contributed by atoms with E-state index in [0.717, 1.165) is 5.56 Å². The largest absolute Gasteiger partial charge is 0.504 e. The topological polar surface area (TPSA) is 67.8 Å². The van der Waals surface area contributed by atoms with E-state index in [-0.39, 0.29) is 16.9 Å². The van der Waals surface area contributed by atoms with Crippen LogP contribution in [0.15, 0.2) is 12.1 Å². The summed E-state index contributed by atoms with van der Waals surface area (Å²) in [6.45, 7) is 3.86. The first-order valence-electron chi connectivity index (χ1n) is 5.32. The highest BCUT2D eigenvalue weighted by molar-refractivity contribution is 5.97. The number of carbonyl (C=O) groups excluding carboxylic acids is 1. The fraction of sp³-hybridized carbons (Fsp3) is 0.417. The number of hydroxylamine groups is 1. The van der Waals surface area contributed by atoms with Gasteiger partial charge in [0.15, 0.2) is 11.5 Å². The first kappa shape index (κ1) is 11.7. The van der Waals surface area contributed by atoms with Crippen LogP contribution >= 0.6 is 0 Å². The number of carbonyl (C=O) groups is 1. The van der Waals surface area contributed by atoms with E-state index in [1.54, 1.807) is 12.1 Å². The molecule has 1 aliphatic heterocycles. The van der Waals surface area contributed by atoms with Gasteiger partial charge in [0.05, 0.1) is 12.7 Å². The van der Waals surface area contributed by atoms with Crippen LogP contribution in [-0.4, -0.2) is 23.7 Å². The van der Waals surface area contributed by atoms with Crippen molar-refractivity contribution in [3.05, 3.63) is 23.3 Å². The van der Waals surface area contributed by atoms with Crippen LogP contribution in [0.5, 0.6) is 11.5 Å². The van der Waals surface area contributed by atoms with Gasteiger partial charge >= 0.3 is 0 Å². The summed E-state index contributed by atoms with van der Waals surface area (Å²) in [7, 11) is 1.34. The molecule has 5 heteroatoms. The van der Waals surface area contributed by atoms with E-state index in [0.29, 0.717) is 12.2 Å². The van der Waals surface area contributed by atoms with Crippen molar-refractivity contribution in [1.29, 1.82) is 0 Å². The summed E-state index contributed by atoms with van der Waals surface area (Å²) < 4.78 is 5.62. The lowest BCUT2D eigenvalue weighted by atomic mass is 10.0. The van der Waals surface area contributed by atoms with Gasteiger partial charge in [0.2, 0.25) is 0 Å². The Hall–Kier alpha value is -1.75. The van der Waals surface area contributed by atoms with Crippen molar-refractivity contribution in [2.45, 2.75) is 25.9 Å². The zero-order valence-electron chi connectivity index (χ0n) is 10.0. The van der Waals surface area contributed by atoms with Crippen molar-refractivity contribution in [3.63, 3.8) is 0 Å². The number of hydrogen-bond donors (Lipinski definition) is 2. The first-order valence-corrected chi connectivity index (χ1v) is 5.32. The fourth-order valence-corrected chi connectivity index (χ4v) is 1.97. The Labute approximate surface area is 99.3 Å². The smallest absolute Gasteiger partial charge is 0.278 e. The average molecular weight is 237 g/mol. The molecule has 17 heavy (non-hydrogen) atoms. The van der Waals surface area contributed by atoms with Gasteiger partial charge in [0, 0.05) is 12.0 Å². The molecule has 0 unspecified atom stereocenters. The van der Waals surface area contributed by atoms with E-state index in [1.807, 2.05) is 13.8 Å². The maximum Gasteiger partial charge on any atom is 0.278 e. The summed E-state index contributed by atoms with van der Waals surface area (Å²) in [5.41, 5.74) is 2.86. The highest BCUT2D eigenvalue weighted by Gasteiger charge is 2.33. The highest BCUT2D eigenvalue weighted by atomic mass is 16.6. The molecule has 0 spiro atoms. The van der Waals surface area contributed by atoms with Crippen LogP contribution in [0.25, 0.3) is 0 Å². The number of aromatic hydroxyl groups is 1. The number of benzene rings is 1. The zero-order chi connectivity index (χ0) is 12.6. The molecule has 92 valence electrons. The molecule has 5 nitrogen and oxygen atoms in total. The molecule has 0 saturated heterocycles. The number of amides is 1. The SMILES string of the molecule is CONC(=O)c1ccc2c(c1O)OC(C)(C)C2. The zero-order valence-corrected chi connectivity index (χ0v) is 10.0. The van der Waals surface area contributed by atoms with Crippen molar-refractivity contribution in [1.82, 2.24) is 5.48 Å². The second kappa shape index (κ2) is 3.92. The minimum atomic E-state index is -0.499. The molecule has 1 aromatic rings. The van der Waals surface area contributed by atoms with E-state index in [9.17, 15) is 9.90 Å². The van der Waals surface area contributed by atoms with Crippen LogP contribution in [0.1, 0.15) is 29.8 Å². The molecule has 0 aliphatic carbocycles. The quantitative estimate of drug-likeness (QED) is 0.763. The summed E-state index contributed by atoms with van der Waals surface area (Å²) in [4.78, 5) is 16.1. The van der Waals surface area contributed by atoms with Gasteiger partial charge in [-0.2, -0.15) is 0 Å². The Morgan fingerprint density at radius 2 is 2.24 bits per heavy atom. The maximum absolute atomic E-state index is 11.6. The van der Waals surface area contributed by atoms with E-state index in [2.05, 4.69) is 10.3 Å². The van der Waals surface area contributed by atoms with Crippen LogP contribution in [0.3, 0.4) is 0 Å². The predicted molar refractivity (Wildman–Crippen MR) is 61.0 cm³/mol. The van der Waals surface area contributed by atoms with Crippen LogP contribution < -0.4 is 10.2 Å². The molecular weight excluding hydrogens is 222 g/mol. The average Bonchev–Trinajstić information content (AvgIpc) is 2.54. The number of hydrogen-bond acceptors (Lipinski definition) is 4. The molecule has 0 saturated carbocycles. The van der Waals surface area contributed by atoms with Gasteiger partial charge in [0.1, 0.15) is 5.60 Å². The van der Waals surface area contributed by atoms with Gasteiger partial charge in [-0.05, 0) is 19.9 Å². The number of ether oxygens (including phenoxy) is 1.